The standard InChI is InChI=1S/C10H14O4/c1-12-9-4-3-8(14-6-5-11)7-10(9)13-2/h3-4,7,11H,5-6H2,1-2H3/p+1. The third kappa shape index (κ3) is 2.53. The quantitative estimate of drug-likeness (QED) is 0.718. The lowest BCUT2D eigenvalue weighted by Gasteiger charge is -2.07. The molecule has 1 aromatic rings. The zero-order valence-electron chi connectivity index (χ0n) is 8.36. The number of aromatic hydroxyl groups is 1. The van der Waals surface area contributed by atoms with Gasteiger partial charge in [0, 0.05) is 12.1 Å². The molecule has 78 valence electrons. The van der Waals surface area contributed by atoms with Crippen LogP contribution in [0, 0.1) is 0 Å². The number of ether oxygens (including phenoxy) is 3. The Balaban J connectivity index is 2.79. The van der Waals surface area contributed by atoms with Crippen LogP contribution in [0.25, 0.3) is 0 Å². The number of rotatable bonds is 5. The fourth-order valence-corrected chi connectivity index (χ4v) is 1.10. The number of aliphatic hydroxyl groups is 2. The van der Waals surface area contributed by atoms with Crippen LogP contribution in [0.3, 0.4) is 0 Å². The lowest BCUT2D eigenvalue weighted by atomic mass is 10.3. The first-order valence-electron chi connectivity index (χ1n) is 4.33. The van der Waals surface area contributed by atoms with Gasteiger partial charge in [0.1, 0.15) is 12.4 Å². The van der Waals surface area contributed by atoms with Crippen LogP contribution >= 0.6 is 0 Å². The van der Waals surface area contributed by atoms with E-state index in [4.69, 9.17) is 14.6 Å². The predicted octanol–water partition coefficient (Wildman–Crippen LogP) is 0.937. The summed E-state index contributed by atoms with van der Waals surface area (Å²) in [6.45, 7) is 0.286. The van der Waals surface area contributed by atoms with Gasteiger partial charge in [-0.15, -0.1) is 0 Å². The average Bonchev–Trinajstić information content (AvgIpc) is 2.25. The summed E-state index contributed by atoms with van der Waals surface area (Å²) < 4.78 is 14.4. The van der Waals surface area contributed by atoms with Crippen LogP contribution in [0.1, 0.15) is 0 Å². The first kappa shape index (κ1) is 10.7. The van der Waals surface area contributed by atoms with E-state index in [9.17, 15) is 0 Å². The molecule has 4 heteroatoms. The van der Waals surface area contributed by atoms with E-state index >= 15 is 0 Å². The molecule has 0 radical (unpaired) electrons. The molecule has 1 rings (SSSR count). The Morgan fingerprint density at radius 3 is 2.79 bits per heavy atom. The molecule has 0 saturated heterocycles. The van der Waals surface area contributed by atoms with Crippen molar-refractivity contribution in [3.8, 4) is 17.2 Å². The maximum Gasteiger partial charge on any atom is 0.297 e. The lowest BCUT2D eigenvalue weighted by Crippen LogP contribution is -2.01. The van der Waals surface area contributed by atoms with Gasteiger partial charge in [-0.25, -0.2) is 0 Å². The summed E-state index contributed by atoms with van der Waals surface area (Å²) in [6, 6.07) is 5.35. The van der Waals surface area contributed by atoms with Crippen LogP contribution in [0.5, 0.6) is 17.2 Å². The second-order valence-electron chi connectivity index (χ2n) is 2.63. The molecule has 0 spiro atoms. The number of aliphatic hydroxyl groups excluding tert-OH is 1. The van der Waals surface area contributed by atoms with Crippen LogP contribution in [0.4, 0.5) is 0 Å². The predicted molar refractivity (Wildman–Crippen MR) is 53.2 cm³/mol. The Bertz CT molecular complexity index is 285. The molecular formula is C10H15O4+. The maximum absolute atomic E-state index is 8.58. The summed E-state index contributed by atoms with van der Waals surface area (Å²) in [5.41, 5.74) is 0. The first-order chi connectivity index (χ1) is 6.81. The highest BCUT2D eigenvalue weighted by Crippen LogP contribution is 2.31. The monoisotopic (exact) mass is 199 g/mol. The van der Waals surface area contributed by atoms with Crippen LogP contribution in [0.15, 0.2) is 18.2 Å². The summed E-state index contributed by atoms with van der Waals surface area (Å²) >= 11 is 0. The van der Waals surface area contributed by atoms with Crippen molar-refractivity contribution in [3.63, 3.8) is 0 Å². The Hall–Kier alpha value is -1.42. The molecule has 1 aromatic carbocycles. The molecule has 0 atom stereocenters. The molecule has 0 aliphatic rings. The Morgan fingerprint density at radius 2 is 2.21 bits per heavy atom. The van der Waals surface area contributed by atoms with Crippen molar-refractivity contribution >= 4 is 0 Å². The number of hydrogen-bond donors (Lipinski definition) is 1. The molecule has 0 aliphatic carbocycles. The van der Waals surface area contributed by atoms with Crippen LogP contribution in [-0.4, -0.2) is 37.3 Å². The fraction of sp³-hybridized carbons (Fsp3) is 0.400. The molecule has 0 fully saturated rings. The summed E-state index contributed by atoms with van der Waals surface area (Å²) in [5, 5.41) is 8.58. The van der Waals surface area contributed by atoms with Gasteiger partial charge in [-0.05, 0) is 6.07 Å². The first-order valence-corrected chi connectivity index (χ1v) is 4.33. The zero-order valence-corrected chi connectivity index (χ0v) is 8.36. The highest BCUT2D eigenvalue weighted by atomic mass is 16.5. The Labute approximate surface area is 83.0 Å². The van der Waals surface area contributed by atoms with Gasteiger partial charge in [-0.2, -0.15) is 0 Å². The number of methoxy groups -OCH3 is 1. The highest BCUT2D eigenvalue weighted by molar-refractivity contribution is 5.44. The smallest absolute Gasteiger partial charge is 0.297 e. The van der Waals surface area contributed by atoms with Crippen molar-refractivity contribution in [2.45, 2.75) is 0 Å². The van der Waals surface area contributed by atoms with E-state index in [2.05, 4.69) is 4.74 Å². The van der Waals surface area contributed by atoms with Crippen LogP contribution in [0.2, 0.25) is 0 Å². The van der Waals surface area contributed by atoms with Crippen LogP contribution < -0.4 is 9.47 Å². The number of benzene rings is 1. The minimum Gasteiger partial charge on any atom is -0.582 e. The zero-order chi connectivity index (χ0) is 10.4. The van der Waals surface area contributed by atoms with Gasteiger partial charge in [0.15, 0.2) is 7.11 Å². The molecule has 0 bridgehead atoms. The van der Waals surface area contributed by atoms with E-state index < -0.39 is 0 Å². The van der Waals surface area contributed by atoms with E-state index in [1.807, 2.05) is 6.07 Å². The van der Waals surface area contributed by atoms with Gasteiger partial charge >= 0.3 is 0 Å². The molecule has 0 saturated carbocycles. The Kier molecular flexibility index (Phi) is 4.07. The fourth-order valence-electron chi connectivity index (χ4n) is 1.10. The van der Waals surface area contributed by atoms with Crippen LogP contribution in [-0.2, 0) is 0 Å². The van der Waals surface area contributed by atoms with E-state index in [0.29, 0.717) is 11.5 Å². The third-order valence-electron chi connectivity index (χ3n) is 1.75. The second kappa shape index (κ2) is 5.34. The van der Waals surface area contributed by atoms with E-state index in [-0.39, 0.29) is 13.2 Å². The van der Waals surface area contributed by atoms with Crippen molar-refractivity contribution in [2.24, 2.45) is 0 Å². The molecule has 4 nitrogen and oxygen atoms in total. The molecule has 14 heavy (non-hydrogen) atoms. The molecule has 0 aromatic heterocycles. The molecule has 0 amide bonds. The minimum absolute atomic E-state index is 0.00220. The van der Waals surface area contributed by atoms with Crippen molar-refractivity contribution < 1.29 is 19.3 Å². The maximum atomic E-state index is 8.58. The number of hydrogen-bond acceptors (Lipinski definition) is 3. The Morgan fingerprint density at radius 1 is 1.43 bits per heavy atom. The van der Waals surface area contributed by atoms with E-state index in [1.165, 1.54) is 0 Å². The van der Waals surface area contributed by atoms with Crippen molar-refractivity contribution in [1.82, 2.24) is 0 Å². The van der Waals surface area contributed by atoms with E-state index in [1.54, 1.807) is 26.4 Å². The van der Waals surface area contributed by atoms with Crippen molar-refractivity contribution in [2.75, 3.05) is 27.4 Å². The molecule has 0 aliphatic heterocycles. The normalized spacial score (nSPS) is 9.64. The SMILES string of the molecule is COc1cc(OCCO)ccc1[OH+]C. The van der Waals surface area contributed by atoms with E-state index in [0.717, 1.165) is 5.75 Å². The highest BCUT2D eigenvalue weighted by Gasteiger charge is 2.08. The van der Waals surface area contributed by atoms with Gasteiger partial charge in [0.2, 0.25) is 5.75 Å². The van der Waals surface area contributed by atoms with Gasteiger partial charge < -0.3 is 19.3 Å². The summed E-state index contributed by atoms with van der Waals surface area (Å²) in [6.07, 6.45) is 0. The molecule has 0 unspecified atom stereocenters. The topological polar surface area (TPSA) is 51.5 Å². The minimum atomic E-state index is 0.00220. The third-order valence-corrected chi connectivity index (χ3v) is 1.75. The van der Waals surface area contributed by atoms with Gasteiger partial charge in [0.05, 0.1) is 13.7 Å². The summed E-state index contributed by atoms with van der Waals surface area (Å²) in [4.78, 5) is 0. The largest absolute Gasteiger partial charge is 0.582 e. The van der Waals surface area contributed by atoms with Gasteiger partial charge in [-0.3, -0.25) is 0 Å². The summed E-state index contributed by atoms with van der Waals surface area (Å²) in [5.74, 6) is 2.12. The lowest BCUT2D eigenvalue weighted by molar-refractivity contribution is 0.127. The molecule has 0 heterocycles. The summed E-state index contributed by atoms with van der Waals surface area (Å²) in [7, 11) is 3.28. The second-order valence-corrected chi connectivity index (χ2v) is 2.63. The molecular weight excluding hydrogens is 184 g/mol. The van der Waals surface area contributed by atoms with Gasteiger partial charge in [-0.1, -0.05) is 0 Å². The van der Waals surface area contributed by atoms with Crippen molar-refractivity contribution in [1.29, 1.82) is 0 Å². The average molecular weight is 199 g/mol. The van der Waals surface area contributed by atoms with Crippen molar-refractivity contribution in [3.05, 3.63) is 18.2 Å². The molecule has 2 N–H and O–H groups in total. The van der Waals surface area contributed by atoms with Gasteiger partial charge in [0.25, 0.3) is 5.75 Å².